The molecule has 0 spiro atoms. The molecule has 4 nitrogen and oxygen atoms in total. The summed E-state index contributed by atoms with van der Waals surface area (Å²) in [6.45, 7) is 0. The second-order valence-electron chi connectivity index (χ2n) is 3.52. The Balaban J connectivity index is 2.64. The fourth-order valence-electron chi connectivity index (χ4n) is 1.32. The summed E-state index contributed by atoms with van der Waals surface area (Å²) in [5.74, 6) is -0.727. The maximum atomic E-state index is 11.1. The molecule has 17 heavy (non-hydrogen) atoms. The van der Waals surface area contributed by atoms with Crippen molar-refractivity contribution >= 4 is 40.1 Å². The summed E-state index contributed by atoms with van der Waals surface area (Å²) < 4.78 is 0. The van der Waals surface area contributed by atoms with Gasteiger partial charge in [-0.05, 0) is 24.1 Å². The van der Waals surface area contributed by atoms with Gasteiger partial charge >= 0.3 is 0 Å². The van der Waals surface area contributed by atoms with Crippen LogP contribution in [0.3, 0.4) is 0 Å². The Kier molecular flexibility index (Phi) is 5.56. The van der Waals surface area contributed by atoms with Crippen LogP contribution in [0.4, 0.5) is 5.69 Å². The van der Waals surface area contributed by atoms with Crippen LogP contribution in [0.1, 0.15) is 5.56 Å². The molecular weight excluding hydrogens is 286 g/mol. The van der Waals surface area contributed by atoms with E-state index in [9.17, 15) is 14.4 Å². The van der Waals surface area contributed by atoms with E-state index < -0.39 is 5.92 Å². The summed E-state index contributed by atoms with van der Waals surface area (Å²) in [5.41, 5.74) is 1.57. The normalized spacial score (nSPS) is 10.0. The van der Waals surface area contributed by atoms with Crippen LogP contribution in [-0.2, 0) is 20.8 Å². The average Bonchev–Trinajstić information content (AvgIpc) is 2.37. The largest absolute Gasteiger partial charge is 0.325 e. The Morgan fingerprint density at radius 3 is 2.29 bits per heavy atom. The zero-order valence-electron chi connectivity index (χ0n) is 9.06. The SMILES string of the molecule is O=CC(C=O)Cc1ccc(NC(=O)CBr)cc1. The van der Waals surface area contributed by atoms with Gasteiger partial charge in [0.05, 0.1) is 11.2 Å². The number of halogens is 1. The van der Waals surface area contributed by atoms with E-state index in [1.165, 1.54) is 0 Å². The van der Waals surface area contributed by atoms with E-state index in [1.54, 1.807) is 24.3 Å². The topological polar surface area (TPSA) is 63.2 Å². The lowest BCUT2D eigenvalue weighted by Crippen LogP contribution is -2.12. The molecule has 0 fully saturated rings. The van der Waals surface area contributed by atoms with E-state index >= 15 is 0 Å². The first-order valence-corrected chi connectivity index (χ1v) is 6.17. The molecule has 1 rings (SSSR count). The van der Waals surface area contributed by atoms with Crippen molar-refractivity contribution in [2.75, 3.05) is 10.6 Å². The van der Waals surface area contributed by atoms with E-state index in [-0.39, 0.29) is 11.2 Å². The van der Waals surface area contributed by atoms with Gasteiger partial charge in [-0.3, -0.25) is 4.79 Å². The third-order valence-electron chi connectivity index (χ3n) is 2.18. The van der Waals surface area contributed by atoms with Gasteiger partial charge in [-0.2, -0.15) is 0 Å². The van der Waals surface area contributed by atoms with E-state index in [0.717, 1.165) is 5.56 Å². The van der Waals surface area contributed by atoms with Gasteiger partial charge in [-0.15, -0.1) is 0 Å². The second kappa shape index (κ2) is 6.96. The number of carbonyl (C=O) groups is 3. The number of rotatable bonds is 6. The number of carbonyl (C=O) groups excluding carboxylic acids is 3. The number of benzene rings is 1. The molecule has 0 bridgehead atoms. The zero-order valence-corrected chi connectivity index (χ0v) is 10.6. The summed E-state index contributed by atoms with van der Waals surface area (Å²) in [7, 11) is 0. The Bertz CT molecular complexity index is 395. The molecule has 0 heterocycles. The first-order chi connectivity index (χ1) is 8.19. The molecule has 0 aliphatic carbocycles. The molecule has 0 saturated heterocycles. The Hall–Kier alpha value is -1.49. The lowest BCUT2D eigenvalue weighted by atomic mass is 10.0. The van der Waals surface area contributed by atoms with Gasteiger partial charge in [0.15, 0.2) is 0 Å². The molecule has 0 atom stereocenters. The minimum atomic E-state index is -0.599. The standard InChI is InChI=1S/C12H12BrNO3/c13-6-12(17)14-11-3-1-9(2-4-11)5-10(7-15)8-16/h1-4,7-8,10H,5-6H2,(H,14,17). The van der Waals surface area contributed by atoms with Crippen LogP contribution in [0, 0.1) is 5.92 Å². The molecule has 0 radical (unpaired) electrons. The van der Waals surface area contributed by atoms with Gasteiger partial charge in [0.1, 0.15) is 12.6 Å². The Morgan fingerprint density at radius 2 is 1.82 bits per heavy atom. The lowest BCUT2D eigenvalue weighted by molar-refractivity contribution is -0.119. The number of anilines is 1. The lowest BCUT2D eigenvalue weighted by Gasteiger charge is -2.06. The number of hydrogen-bond donors (Lipinski definition) is 1. The van der Waals surface area contributed by atoms with E-state index in [2.05, 4.69) is 21.2 Å². The number of alkyl halides is 1. The van der Waals surface area contributed by atoms with Crippen LogP contribution >= 0.6 is 15.9 Å². The van der Waals surface area contributed by atoms with Crippen LogP contribution < -0.4 is 5.32 Å². The minimum Gasteiger partial charge on any atom is -0.325 e. The van der Waals surface area contributed by atoms with Crippen molar-refractivity contribution in [2.45, 2.75) is 6.42 Å². The predicted octanol–water partition coefficient (Wildman–Crippen LogP) is 1.58. The van der Waals surface area contributed by atoms with Crippen LogP contribution in [0.15, 0.2) is 24.3 Å². The zero-order chi connectivity index (χ0) is 12.7. The van der Waals surface area contributed by atoms with E-state index in [1.807, 2.05) is 0 Å². The maximum Gasteiger partial charge on any atom is 0.235 e. The van der Waals surface area contributed by atoms with Gasteiger partial charge in [0, 0.05) is 5.69 Å². The molecule has 90 valence electrons. The molecule has 5 heteroatoms. The molecule has 1 amide bonds. The third-order valence-corrected chi connectivity index (χ3v) is 2.69. The molecule has 1 aromatic carbocycles. The monoisotopic (exact) mass is 297 g/mol. The number of nitrogens with one attached hydrogen (secondary N) is 1. The molecular formula is C12H12BrNO3. The van der Waals surface area contributed by atoms with Crippen LogP contribution in [0.2, 0.25) is 0 Å². The van der Waals surface area contributed by atoms with Crippen molar-refractivity contribution in [3.63, 3.8) is 0 Å². The predicted molar refractivity (Wildman–Crippen MR) is 68.2 cm³/mol. The van der Waals surface area contributed by atoms with Gasteiger partial charge in [0.2, 0.25) is 5.91 Å². The van der Waals surface area contributed by atoms with Crippen LogP contribution in [0.25, 0.3) is 0 Å². The van der Waals surface area contributed by atoms with Gasteiger partial charge in [0.25, 0.3) is 0 Å². The summed E-state index contributed by atoms with van der Waals surface area (Å²) in [5, 5.41) is 2.92. The Labute approximate surface area is 108 Å². The molecule has 1 N–H and O–H groups in total. The number of aldehydes is 2. The number of hydrogen-bond acceptors (Lipinski definition) is 3. The van der Waals surface area contributed by atoms with Crippen LogP contribution in [0.5, 0.6) is 0 Å². The van der Waals surface area contributed by atoms with Crippen molar-refractivity contribution in [2.24, 2.45) is 5.92 Å². The molecule has 1 aromatic rings. The summed E-state index contributed by atoms with van der Waals surface area (Å²) >= 11 is 3.05. The highest BCUT2D eigenvalue weighted by atomic mass is 79.9. The van der Waals surface area contributed by atoms with Gasteiger partial charge < -0.3 is 14.9 Å². The fraction of sp³-hybridized carbons (Fsp3) is 0.250. The quantitative estimate of drug-likeness (QED) is 0.492. The molecule has 0 aromatic heterocycles. The highest BCUT2D eigenvalue weighted by molar-refractivity contribution is 9.09. The highest BCUT2D eigenvalue weighted by Crippen LogP contribution is 2.12. The van der Waals surface area contributed by atoms with Crippen molar-refractivity contribution in [1.82, 2.24) is 0 Å². The average molecular weight is 298 g/mol. The molecule has 0 aliphatic rings. The van der Waals surface area contributed by atoms with Crippen molar-refractivity contribution in [3.8, 4) is 0 Å². The Morgan fingerprint density at radius 1 is 1.24 bits per heavy atom. The maximum absolute atomic E-state index is 11.1. The number of amides is 1. The van der Waals surface area contributed by atoms with E-state index in [4.69, 9.17) is 0 Å². The first-order valence-electron chi connectivity index (χ1n) is 5.05. The third kappa shape index (κ3) is 4.48. The van der Waals surface area contributed by atoms with Crippen molar-refractivity contribution < 1.29 is 14.4 Å². The van der Waals surface area contributed by atoms with Crippen molar-refractivity contribution in [1.29, 1.82) is 0 Å². The molecule has 0 unspecified atom stereocenters. The summed E-state index contributed by atoms with van der Waals surface area (Å²) in [6, 6.07) is 7.04. The fourth-order valence-corrected chi connectivity index (χ4v) is 1.46. The summed E-state index contributed by atoms with van der Waals surface area (Å²) in [6.07, 6.45) is 1.65. The first kappa shape index (κ1) is 13.6. The highest BCUT2D eigenvalue weighted by Gasteiger charge is 2.06. The second-order valence-corrected chi connectivity index (χ2v) is 4.08. The van der Waals surface area contributed by atoms with Gasteiger partial charge in [-0.1, -0.05) is 28.1 Å². The molecule has 0 aliphatic heterocycles. The van der Waals surface area contributed by atoms with E-state index in [0.29, 0.717) is 24.7 Å². The van der Waals surface area contributed by atoms with Crippen LogP contribution in [-0.4, -0.2) is 23.8 Å². The summed E-state index contributed by atoms with van der Waals surface area (Å²) in [4.78, 5) is 32.1. The smallest absolute Gasteiger partial charge is 0.235 e. The van der Waals surface area contributed by atoms with Gasteiger partial charge in [-0.25, -0.2) is 0 Å². The molecule has 0 saturated carbocycles. The minimum absolute atomic E-state index is 0.128. The van der Waals surface area contributed by atoms with Crippen molar-refractivity contribution in [3.05, 3.63) is 29.8 Å².